The number of non-ortho nitro benzene ring substituents is 1. The molecule has 3 amide bonds. The predicted octanol–water partition coefficient (Wildman–Crippen LogP) is 3.63. The first-order valence-electron chi connectivity index (χ1n) is 8.03. The number of thioether (sulfide) groups is 1. The molecule has 148 valence electrons. The number of amides is 3. The van der Waals surface area contributed by atoms with Crippen LogP contribution < -0.4 is 5.32 Å². The standard InChI is InChI=1S/C18H12ClN3O6S/c19-11-1-6-14(23)10(7-11)8-15-17(25)21(18(26)29-15)9-16(24)20-12-2-4-13(5-3-12)22(27)28/h1-8,23H,9H2,(H,20,24)/b15-8-. The zero-order valence-electron chi connectivity index (χ0n) is 14.5. The van der Waals surface area contributed by atoms with Crippen LogP contribution in [0.15, 0.2) is 47.4 Å². The highest BCUT2D eigenvalue weighted by Crippen LogP contribution is 2.34. The fourth-order valence-electron chi connectivity index (χ4n) is 2.43. The number of nitrogens with one attached hydrogen (secondary N) is 1. The van der Waals surface area contributed by atoms with Crippen LogP contribution in [0.5, 0.6) is 5.75 Å². The Bertz CT molecular complexity index is 1050. The van der Waals surface area contributed by atoms with Crippen LogP contribution in [0.3, 0.4) is 0 Å². The third-order valence-electron chi connectivity index (χ3n) is 3.81. The number of nitro groups is 1. The summed E-state index contributed by atoms with van der Waals surface area (Å²) in [5.74, 6) is -1.44. The Kier molecular flexibility index (Phi) is 5.85. The van der Waals surface area contributed by atoms with Crippen molar-refractivity contribution in [1.29, 1.82) is 0 Å². The van der Waals surface area contributed by atoms with Gasteiger partial charge < -0.3 is 10.4 Å². The molecule has 0 aliphatic carbocycles. The summed E-state index contributed by atoms with van der Waals surface area (Å²) in [5, 5.41) is 22.7. The molecule has 0 saturated carbocycles. The lowest BCUT2D eigenvalue weighted by atomic mass is 10.2. The first kappa shape index (κ1) is 20.4. The Morgan fingerprint density at radius 2 is 1.93 bits per heavy atom. The SMILES string of the molecule is O=C(CN1C(=O)S/C(=C\c2cc(Cl)ccc2O)C1=O)Nc1ccc([N+](=O)[O-])cc1. The molecule has 1 heterocycles. The van der Waals surface area contributed by atoms with Crippen molar-refractivity contribution in [2.45, 2.75) is 0 Å². The van der Waals surface area contributed by atoms with Crippen LogP contribution in [0.4, 0.5) is 16.2 Å². The molecule has 2 N–H and O–H groups in total. The number of hydrogen-bond acceptors (Lipinski definition) is 7. The molecular weight excluding hydrogens is 422 g/mol. The number of halogens is 1. The molecule has 0 aromatic heterocycles. The number of nitrogens with zero attached hydrogens (tertiary/aromatic N) is 2. The molecule has 3 rings (SSSR count). The van der Waals surface area contributed by atoms with Gasteiger partial charge in [0.1, 0.15) is 12.3 Å². The summed E-state index contributed by atoms with van der Waals surface area (Å²) < 4.78 is 0. The van der Waals surface area contributed by atoms with Crippen molar-refractivity contribution in [2.75, 3.05) is 11.9 Å². The van der Waals surface area contributed by atoms with Crippen LogP contribution in [-0.2, 0) is 9.59 Å². The lowest BCUT2D eigenvalue weighted by Gasteiger charge is -2.12. The fraction of sp³-hybridized carbons (Fsp3) is 0.0556. The molecule has 0 unspecified atom stereocenters. The number of aromatic hydroxyl groups is 1. The molecule has 1 saturated heterocycles. The van der Waals surface area contributed by atoms with Gasteiger partial charge >= 0.3 is 0 Å². The van der Waals surface area contributed by atoms with Crippen molar-refractivity contribution in [3.8, 4) is 5.75 Å². The summed E-state index contributed by atoms with van der Waals surface area (Å²) in [4.78, 5) is 47.6. The van der Waals surface area contributed by atoms with Crippen molar-refractivity contribution >= 4 is 57.9 Å². The maximum absolute atomic E-state index is 12.5. The van der Waals surface area contributed by atoms with Crippen molar-refractivity contribution < 1.29 is 24.4 Å². The van der Waals surface area contributed by atoms with E-state index < -0.39 is 28.5 Å². The van der Waals surface area contributed by atoms with Crippen LogP contribution in [0, 0.1) is 10.1 Å². The summed E-state index contributed by atoms with van der Waals surface area (Å²) in [6, 6.07) is 9.38. The second kappa shape index (κ2) is 8.33. The molecule has 1 aliphatic heterocycles. The monoisotopic (exact) mass is 433 g/mol. The third kappa shape index (κ3) is 4.73. The summed E-state index contributed by atoms with van der Waals surface area (Å²) >= 11 is 6.50. The number of phenolic OH excluding ortho intramolecular Hbond substituents is 1. The van der Waals surface area contributed by atoms with Crippen LogP contribution >= 0.6 is 23.4 Å². The fourth-order valence-corrected chi connectivity index (χ4v) is 3.44. The van der Waals surface area contributed by atoms with Gasteiger partial charge in [-0.1, -0.05) is 11.6 Å². The molecule has 2 aromatic rings. The molecule has 1 fully saturated rings. The van der Waals surface area contributed by atoms with Crippen LogP contribution in [-0.4, -0.2) is 38.5 Å². The number of anilines is 1. The van der Waals surface area contributed by atoms with Crippen molar-refractivity contribution in [1.82, 2.24) is 4.90 Å². The average molecular weight is 434 g/mol. The third-order valence-corrected chi connectivity index (χ3v) is 4.96. The molecule has 1 aliphatic rings. The molecule has 11 heteroatoms. The molecule has 0 radical (unpaired) electrons. The van der Waals surface area contributed by atoms with E-state index in [2.05, 4.69) is 5.32 Å². The van der Waals surface area contributed by atoms with Gasteiger partial charge in [-0.05, 0) is 48.2 Å². The second-order valence-electron chi connectivity index (χ2n) is 5.82. The molecule has 0 spiro atoms. The smallest absolute Gasteiger partial charge is 0.294 e. The first-order chi connectivity index (χ1) is 13.7. The van der Waals surface area contributed by atoms with Crippen LogP contribution in [0.1, 0.15) is 5.56 Å². The van der Waals surface area contributed by atoms with Gasteiger partial charge in [-0.3, -0.25) is 29.4 Å². The second-order valence-corrected chi connectivity index (χ2v) is 7.25. The minimum Gasteiger partial charge on any atom is -0.507 e. The predicted molar refractivity (Wildman–Crippen MR) is 108 cm³/mol. The Morgan fingerprint density at radius 1 is 1.24 bits per heavy atom. The van der Waals surface area contributed by atoms with E-state index in [0.29, 0.717) is 16.8 Å². The van der Waals surface area contributed by atoms with Crippen molar-refractivity contribution in [3.63, 3.8) is 0 Å². The maximum atomic E-state index is 12.5. The number of rotatable bonds is 5. The molecular formula is C18H12ClN3O6S. The van der Waals surface area contributed by atoms with Gasteiger partial charge in [-0.2, -0.15) is 0 Å². The minimum absolute atomic E-state index is 0.0377. The average Bonchev–Trinajstić information content (AvgIpc) is 2.92. The Balaban J connectivity index is 1.69. The van der Waals surface area contributed by atoms with E-state index in [-0.39, 0.29) is 27.6 Å². The highest BCUT2D eigenvalue weighted by molar-refractivity contribution is 8.18. The van der Waals surface area contributed by atoms with E-state index >= 15 is 0 Å². The number of phenols is 1. The molecule has 0 bridgehead atoms. The van der Waals surface area contributed by atoms with E-state index in [0.717, 1.165) is 4.90 Å². The number of benzene rings is 2. The number of nitro benzene ring substituents is 1. The largest absolute Gasteiger partial charge is 0.507 e. The molecule has 2 aromatic carbocycles. The Labute approximate surface area is 173 Å². The van der Waals surface area contributed by atoms with Gasteiger partial charge in [0.25, 0.3) is 16.8 Å². The van der Waals surface area contributed by atoms with E-state index in [9.17, 15) is 29.6 Å². The Morgan fingerprint density at radius 3 is 2.59 bits per heavy atom. The number of carbonyl (C=O) groups is 3. The summed E-state index contributed by atoms with van der Waals surface area (Å²) in [7, 11) is 0. The van der Waals surface area contributed by atoms with Gasteiger partial charge in [0.05, 0.1) is 9.83 Å². The molecule has 0 atom stereocenters. The Hall–Kier alpha value is -3.37. The van der Waals surface area contributed by atoms with Crippen LogP contribution in [0.25, 0.3) is 6.08 Å². The number of hydrogen-bond donors (Lipinski definition) is 2. The van der Waals surface area contributed by atoms with Gasteiger partial charge in [0, 0.05) is 28.4 Å². The zero-order valence-corrected chi connectivity index (χ0v) is 16.1. The lowest BCUT2D eigenvalue weighted by molar-refractivity contribution is -0.384. The van der Waals surface area contributed by atoms with Crippen molar-refractivity contribution in [2.24, 2.45) is 0 Å². The quantitative estimate of drug-likeness (QED) is 0.418. The molecule has 29 heavy (non-hydrogen) atoms. The van der Waals surface area contributed by atoms with Crippen molar-refractivity contribution in [3.05, 3.63) is 68.1 Å². The number of imide groups is 1. The van der Waals surface area contributed by atoms with E-state index in [4.69, 9.17) is 11.6 Å². The van der Waals surface area contributed by atoms with E-state index in [1.807, 2.05) is 0 Å². The summed E-state index contributed by atoms with van der Waals surface area (Å²) in [6.07, 6.45) is 1.32. The van der Waals surface area contributed by atoms with Gasteiger partial charge in [-0.15, -0.1) is 0 Å². The molecule has 9 nitrogen and oxygen atoms in total. The number of carbonyl (C=O) groups excluding carboxylic acids is 3. The van der Waals surface area contributed by atoms with Gasteiger partial charge in [0.2, 0.25) is 5.91 Å². The first-order valence-corrected chi connectivity index (χ1v) is 9.22. The zero-order chi connectivity index (χ0) is 21.1. The highest BCUT2D eigenvalue weighted by Gasteiger charge is 2.36. The normalized spacial score (nSPS) is 15.1. The topological polar surface area (TPSA) is 130 Å². The lowest BCUT2D eigenvalue weighted by Crippen LogP contribution is -2.36. The summed E-state index contributed by atoms with van der Waals surface area (Å²) in [5.41, 5.74) is 0.411. The highest BCUT2D eigenvalue weighted by atomic mass is 35.5. The van der Waals surface area contributed by atoms with Gasteiger partial charge in [-0.25, -0.2) is 0 Å². The van der Waals surface area contributed by atoms with Gasteiger partial charge in [0.15, 0.2) is 0 Å². The van der Waals surface area contributed by atoms with E-state index in [1.165, 1.54) is 48.5 Å². The maximum Gasteiger partial charge on any atom is 0.294 e. The summed E-state index contributed by atoms with van der Waals surface area (Å²) in [6.45, 7) is -0.527. The minimum atomic E-state index is -0.682. The van der Waals surface area contributed by atoms with Crippen LogP contribution in [0.2, 0.25) is 5.02 Å². The van der Waals surface area contributed by atoms with E-state index in [1.54, 1.807) is 0 Å².